The van der Waals surface area contributed by atoms with Crippen LogP contribution in [0.15, 0.2) is 53.5 Å². The van der Waals surface area contributed by atoms with E-state index in [-0.39, 0.29) is 36.2 Å². The number of halogens is 1. The van der Waals surface area contributed by atoms with Gasteiger partial charge in [0.1, 0.15) is 23.3 Å². The highest BCUT2D eigenvalue weighted by atomic mass is 35.5. The van der Waals surface area contributed by atoms with Gasteiger partial charge in [0, 0.05) is 37.3 Å². The number of aromatic nitrogens is 2. The third-order valence-electron chi connectivity index (χ3n) is 8.21. The topological polar surface area (TPSA) is 128 Å². The number of carbonyl (C=O) groups excluding carboxylic acids is 1. The number of amidine groups is 1. The fraction of sp³-hybridized carbons (Fsp3) is 0.469. The molecule has 6 rings (SSSR count). The van der Waals surface area contributed by atoms with E-state index in [0.717, 1.165) is 24.9 Å². The summed E-state index contributed by atoms with van der Waals surface area (Å²) in [7, 11) is 1.72. The van der Waals surface area contributed by atoms with Gasteiger partial charge in [0.15, 0.2) is 12.0 Å². The van der Waals surface area contributed by atoms with Crippen molar-refractivity contribution in [3.8, 4) is 11.5 Å². The Balaban J connectivity index is 1.23. The lowest BCUT2D eigenvalue weighted by atomic mass is 9.82. The number of aliphatic hydroxyl groups is 1. The molecule has 3 aromatic rings. The van der Waals surface area contributed by atoms with Crippen molar-refractivity contribution in [2.24, 2.45) is 16.6 Å². The van der Waals surface area contributed by atoms with E-state index >= 15 is 0 Å². The summed E-state index contributed by atoms with van der Waals surface area (Å²) in [6, 6.07) is 15.1. The van der Waals surface area contributed by atoms with Crippen molar-refractivity contribution in [3.05, 3.63) is 64.8 Å². The van der Waals surface area contributed by atoms with Crippen LogP contribution in [-0.2, 0) is 16.1 Å². The van der Waals surface area contributed by atoms with E-state index in [1.807, 2.05) is 54.8 Å². The molecule has 1 unspecified atom stereocenters. The van der Waals surface area contributed by atoms with Gasteiger partial charge in [0.2, 0.25) is 5.95 Å². The average molecular weight is 623 g/mol. The quantitative estimate of drug-likeness (QED) is 0.346. The van der Waals surface area contributed by atoms with Crippen molar-refractivity contribution < 1.29 is 24.1 Å². The van der Waals surface area contributed by atoms with Gasteiger partial charge in [-0.3, -0.25) is 9.69 Å². The second-order valence-corrected chi connectivity index (χ2v) is 12.4. The van der Waals surface area contributed by atoms with E-state index < -0.39 is 6.23 Å². The summed E-state index contributed by atoms with van der Waals surface area (Å²) in [5, 5.41) is 12.2. The number of rotatable bonds is 8. The summed E-state index contributed by atoms with van der Waals surface area (Å²) in [6.45, 7) is 5.57. The fourth-order valence-corrected chi connectivity index (χ4v) is 6.00. The maximum Gasteiger partial charge on any atom is 0.309 e. The van der Waals surface area contributed by atoms with Crippen LogP contribution in [0.1, 0.15) is 57.0 Å². The number of esters is 1. The van der Waals surface area contributed by atoms with Crippen LogP contribution in [-0.4, -0.2) is 69.9 Å². The lowest BCUT2D eigenvalue weighted by Crippen LogP contribution is -2.44. The molecular weight excluding hydrogens is 584 g/mol. The molecule has 234 valence electrons. The van der Waals surface area contributed by atoms with Crippen molar-refractivity contribution >= 4 is 35.4 Å². The number of nitrogens with zero attached hydrogens (tertiary/aromatic N) is 5. The minimum Gasteiger partial charge on any atom is -0.490 e. The Morgan fingerprint density at radius 2 is 1.93 bits per heavy atom. The first-order chi connectivity index (χ1) is 21.2. The number of fused-ring (bicyclic) bond motifs is 1. The van der Waals surface area contributed by atoms with Gasteiger partial charge in [0.05, 0.1) is 18.6 Å². The molecule has 0 bridgehead atoms. The van der Waals surface area contributed by atoms with Crippen molar-refractivity contribution in [3.63, 3.8) is 0 Å². The second kappa shape index (κ2) is 12.7. The summed E-state index contributed by atoms with van der Waals surface area (Å²) in [5.41, 5.74) is 7.79. The highest BCUT2D eigenvalue weighted by molar-refractivity contribution is 6.31. The molecule has 44 heavy (non-hydrogen) atoms. The number of benzene rings is 2. The number of aliphatic imine (C=N–C) groups is 1. The lowest BCUT2D eigenvalue weighted by molar-refractivity contribution is -0.158. The van der Waals surface area contributed by atoms with Crippen LogP contribution in [0.2, 0.25) is 5.02 Å². The number of piperidine rings is 1. The largest absolute Gasteiger partial charge is 0.490 e. The summed E-state index contributed by atoms with van der Waals surface area (Å²) >= 11 is 6.54. The van der Waals surface area contributed by atoms with Gasteiger partial charge >= 0.3 is 12.0 Å². The van der Waals surface area contributed by atoms with E-state index in [0.29, 0.717) is 59.9 Å². The summed E-state index contributed by atoms with van der Waals surface area (Å²) in [6.07, 6.45) is 1.86. The molecular formula is C32H39ClN6O5. The van der Waals surface area contributed by atoms with Crippen molar-refractivity contribution in [2.75, 3.05) is 25.0 Å². The van der Waals surface area contributed by atoms with E-state index in [1.165, 1.54) is 0 Å². The number of imidazole rings is 1. The molecule has 2 fully saturated rings. The van der Waals surface area contributed by atoms with Crippen LogP contribution in [0.4, 0.5) is 11.8 Å². The lowest BCUT2D eigenvalue weighted by Gasteiger charge is -2.34. The van der Waals surface area contributed by atoms with Crippen molar-refractivity contribution in [1.29, 1.82) is 0 Å². The molecule has 2 atom stereocenters. The minimum atomic E-state index is -1.07. The molecule has 0 radical (unpaired) electrons. The number of hydrogen-bond donors (Lipinski definition) is 2. The predicted molar refractivity (Wildman–Crippen MR) is 167 cm³/mol. The first-order valence-electron chi connectivity index (χ1n) is 15.1. The van der Waals surface area contributed by atoms with Crippen LogP contribution < -0.4 is 20.1 Å². The molecule has 1 aliphatic carbocycles. The molecule has 1 saturated heterocycles. The number of aliphatic hydroxyl groups excluding tert-OH is 1. The molecule has 1 aromatic heterocycles. The Morgan fingerprint density at radius 1 is 1.16 bits per heavy atom. The highest BCUT2D eigenvalue weighted by Crippen LogP contribution is 2.39. The Bertz CT molecular complexity index is 1540. The molecule has 3 N–H and O–H groups in total. The number of nitrogens with two attached hydrogens (primary N) is 1. The normalized spacial score (nSPS) is 23.1. The zero-order valence-corrected chi connectivity index (χ0v) is 26.0. The molecule has 1 saturated carbocycles. The second-order valence-electron chi connectivity index (χ2n) is 12.0. The highest BCUT2D eigenvalue weighted by Gasteiger charge is 2.38. The first-order valence-corrected chi connectivity index (χ1v) is 15.5. The number of hydrogen-bond acceptors (Lipinski definition) is 10. The zero-order valence-electron chi connectivity index (χ0n) is 25.2. The minimum absolute atomic E-state index is 0.0374. The third-order valence-corrected chi connectivity index (χ3v) is 8.58. The van der Waals surface area contributed by atoms with E-state index in [4.69, 9.17) is 41.5 Å². The number of carbonyl (C=O) groups is 1. The number of anilines is 1. The average Bonchev–Trinajstić information content (AvgIpc) is 3.32. The van der Waals surface area contributed by atoms with Gasteiger partial charge in [0.25, 0.3) is 0 Å². The van der Waals surface area contributed by atoms with Crippen molar-refractivity contribution in [2.45, 2.75) is 70.6 Å². The number of ether oxygens (including phenoxy) is 3. The predicted octanol–water partition coefficient (Wildman–Crippen LogP) is 4.62. The van der Waals surface area contributed by atoms with Crippen LogP contribution in [0, 0.1) is 5.92 Å². The fourth-order valence-electron chi connectivity index (χ4n) is 5.81. The SMILES string of the molecule is CC(C)OC(=O)C1CC(Oc2cccc(OC3=Nc4nc(N5CCC[C@@H](N)C5)n(Cc5ccccc5Cl)c4C(O)N3C)c2)C1. The van der Waals surface area contributed by atoms with Gasteiger partial charge in [-0.1, -0.05) is 35.9 Å². The molecule has 11 nitrogen and oxygen atoms in total. The maximum atomic E-state index is 12.1. The monoisotopic (exact) mass is 622 g/mol. The Labute approximate surface area is 262 Å². The van der Waals surface area contributed by atoms with Crippen molar-refractivity contribution in [1.82, 2.24) is 14.5 Å². The van der Waals surface area contributed by atoms with Gasteiger partial charge in [-0.2, -0.15) is 9.98 Å². The molecule has 12 heteroatoms. The summed E-state index contributed by atoms with van der Waals surface area (Å²) in [4.78, 5) is 25.5. The van der Waals surface area contributed by atoms with Crippen LogP contribution >= 0.6 is 11.6 Å². The molecule has 0 spiro atoms. The van der Waals surface area contributed by atoms with E-state index in [2.05, 4.69) is 4.90 Å². The van der Waals surface area contributed by atoms with Crippen LogP contribution in [0.25, 0.3) is 0 Å². The van der Waals surface area contributed by atoms with E-state index in [9.17, 15) is 9.90 Å². The van der Waals surface area contributed by atoms with Gasteiger partial charge in [-0.05, 0) is 63.3 Å². The third kappa shape index (κ3) is 6.36. The summed E-state index contributed by atoms with van der Waals surface area (Å²) in [5.74, 6) is 1.88. The molecule has 2 aromatic carbocycles. The smallest absolute Gasteiger partial charge is 0.309 e. The molecule has 2 aliphatic heterocycles. The molecule has 3 aliphatic rings. The standard InChI is InChI=1S/C32H39ClN6O5/c1-19(2)42-30(41)21-14-25(15-21)43-23-10-6-11-24(16-23)44-32-36-28-27(29(40)37(32)3)39(17-20-8-4-5-12-26(20)33)31(35-28)38-13-7-9-22(34)18-38/h4-6,8,10-12,16,19,21-22,25,29,40H,7,9,13-15,17-18,34H2,1-3H3/t21?,22-,25?,29?/m1/s1. The van der Waals surface area contributed by atoms with Gasteiger partial charge in [-0.15, -0.1) is 0 Å². The van der Waals surface area contributed by atoms with Gasteiger partial charge < -0.3 is 34.5 Å². The maximum absolute atomic E-state index is 12.1. The van der Waals surface area contributed by atoms with Crippen LogP contribution in [0.5, 0.6) is 11.5 Å². The van der Waals surface area contributed by atoms with Gasteiger partial charge in [-0.25, -0.2) is 0 Å². The Morgan fingerprint density at radius 3 is 2.68 bits per heavy atom. The zero-order chi connectivity index (χ0) is 31.0. The Kier molecular flexibility index (Phi) is 8.70. The summed E-state index contributed by atoms with van der Waals surface area (Å²) < 4.78 is 19.6. The van der Waals surface area contributed by atoms with E-state index in [1.54, 1.807) is 24.1 Å². The Hall–Kier alpha value is -3.80. The first kappa shape index (κ1) is 30.2. The molecule has 0 amide bonds. The van der Waals surface area contributed by atoms with Crippen LogP contribution in [0.3, 0.4) is 0 Å². The molecule has 3 heterocycles.